The molecule has 0 unspecified atom stereocenters. The number of halogens is 1. The predicted molar refractivity (Wildman–Crippen MR) is 98.1 cm³/mol. The first-order valence-electron chi connectivity index (χ1n) is 8.02. The van der Waals surface area contributed by atoms with Crippen molar-refractivity contribution in [3.8, 4) is 0 Å². The summed E-state index contributed by atoms with van der Waals surface area (Å²) in [5.74, 6) is -1.09. The molecule has 6 nitrogen and oxygen atoms in total. The van der Waals surface area contributed by atoms with E-state index >= 15 is 0 Å². The topological polar surface area (TPSA) is 76.6 Å². The minimum Gasteiger partial charge on any atom is -0.457 e. The molecule has 0 aliphatic carbocycles. The lowest BCUT2D eigenvalue weighted by molar-refractivity contribution is 0.0474. The molecule has 0 aliphatic heterocycles. The lowest BCUT2D eigenvalue weighted by Gasteiger charge is -2.12. The van der Waals surface area contributed by atoms with E-state index in [-0.39, 0.29) is 17.1 Å². The van der Waals surface area contributed by atoms with Crippen LogP contribution in [-0.4, -0.2) is 37.8 Å². The number of hydrogen-bond donors (Lipinski definition) is 0. The van der Waals surface area contributed by atoms with Crippen molar-refractivity contribution in [2.75, 3.05) is 14.1 Å². The van der Waals surface area contributed by atoms with Crippen LogP contribution in [0, 0.1) is 5.82 Å². The molecule has 0 saturated heterocycles. The molecule has 1 aromatic heterocycles. The Bertz CT molecular complexity index is 1110. The Balaban J connectivity index is 1.83. The molecular weight excluding hydrogens is 371 g/mol. The molecule has 0 amide bonds. The van der Waals surface area contributed by atoms with E-state index in [4.69, 9.17) is 4.74 Å². The number of carbonyl (C=O) groups is 1. The second kappa shape index (κ2) is 7.42. The van der Waals surface area contributed by atoms with Crippen molar-refractivity contribution in [2.45, 2.75) is 11.5 Å². The molecule has 0 atom stereocenters. The molecular formula is C19H17FN2O4S. The second-order valence-electron chi connectivity index (χ2n) is 6.00. The van der Waals surface area contributed by atoms with Gasteiger partial charge in [0.25, 0.3) is 0 Å². The Morgan fingerprint density at radius 3 is 2.67 bits per heavy atom. The van der Waals surface area contributed by atoms with Gasteiger partial charge in [0.2, 0.25) is 10.0 Å². The first-order chi connectivity index (χ1) is 12.8. The van der Waals surface area contributed by atoms with E-state index in [1.807, 2.05) is 0 Å². The van der Waals surface area contributed by atoms with Crippen molar-refractivity contribution in [3.05, 3.63) is 71.7 Å². The van der Waals surface area contributed by atoms with Gasteiger partial charge in [-0.2, -0.15) is 0 Å². The molecule has 140 valence electrons. The normalized spacial score (nSPS) is 11.7. The van der Waals surface area contributed by atoms with Crippen LogP contribution in [0.1, 0.15) is 15.9 Å². The van der Waals surface area contributed by atoms with E-state index in [0.717, 1.165) is 4.31 Å². The molecule has 0 saturated carbocycles. The molecule has 1 heterocycles. The number of ether oxygens (including phenoxy) is 1. The average Bonchev–Trinajstić information content (AvgIpc) is 2.67. The first kappa shape index (κ1) is 18.9. The third kappa shape index (κ3) is 3.81. The summed E-state index contributed by atoms with van der Waals surface area (Å²) in [6.07, 6.45) is 1.53. The molecule has 8 heteroatoms. The number of pyridine rings is 1. The van der Waals surface area contributed by atoms with Crippen LogP contribution in [0.5, 0.6) is 0 Å². The van der Waals surface area contributed by atoms with Crippen LogP contribution in [0.3, 0.4) is 0 Å². The lowest BCUT2D eigenvalue weighted by atomic mass is 10.1. The van der Waals surface area contributed by atoms with Crippen molar-refractivity contribution < 1.29 is 22.3 Å². The van der Waals surface area contributed by atoms with Crippen molar-refractivity contribution >= 4 is 26.9 Å². The largest absolute Gasteiger partial charge is 0.457 e. The number of rotatable bonds is 5. The maximum Gasteiger partial charge on any atom is 0.338 e. The van der Waals surface area contributed by atoms with E-state index < -0.39 is 21.8 Å². The molecule has 0 fully saturated rings. The molecule has 0 spiro atoms. The standard InChI is InChI=1S/C19H17FN2O4S/c1-22(2)27(24,25)15-6-3-5-13(11-15)19(23)26-12-14-8-9-17(20)16-7-4-10-21-18(14)16/h3-11H,12H2,1-2H3. The highest BCUT2D eigenvalue weighted by Gasteiger charge is 2.19. The van der Waals surface area contributed by atoms with Crippen LogP contribution in [0.4, 0.5) is 4.39 Å². The zero-order valence-electron chi connectivity index (χ0n) is 14.7. The zero-order valence-corrected chi connectivity index (χ0v) is 15.5. The fourth-order valence-corrected chi connectivity index (χ4v) is 3.48. The van der Waals surface area contributed by atoms with Crippen molar-refractivity contribution in [1.29, 1.82) is 0 Å². The van der Waals surface area contributed by atoms with Crippen molar-refractivity contribution in [1.82, 2.24) is 9.29 Å². The van der Waals surface area contributed by atoms with Crippen LogP contribution < -0.4 is 0 Å². The van der Waals surface area contributed by atoms with Gasteiger partial charge in [0.15, 0.2) is 0 Å². The lowest BCUT2D eigenvalue weighted by Crippen LogP contribution is -2.22. The Morgan fingerprint density at radius 2 is 1.93 bits per heavy atom. The summed E-state index contributed by atoms with van der Waals surface area (Å²) < 4.78 is 44.6. The summed E-state index contributed by atoms with van der Waals surface area (Å²) >= 11 is 0. The van der Waals surface area contributed by atoms with Crippen LogP contribution >= 0.6 is 0 Å². The Kier molecular flexibility index (Phi) is 5.20. The summed E-state index contributed by atoms with van der Waals surface area (Å²) in [5, 5.41) is 0.338. The zero-order chi connectivity index (χ0) is 19.6. The van der Waals surface area contributed by atoms with Gasteiger partial charge in [-0.3, -0.25) is 4.98 Å². The smallest absolute Gasteiger partial charge is 0.338 e. The number of sulfonamides is 1. The van der Waals surface area contributed by atoms with E-state index in [2.05, 4.69) is 4.98 Å². The maximum absolute atomic E-state index is 13.8. The summed E-state index contributed by atoms with van der Waals surface area (Å²) in [6, 6.07) is 11.6. The molecule has 3 aromatic rings. The van der Waals surface area contributed by atoms with Gasteiger partial charge in [-0.1, -0.05) is 12.1 Å². The SMILES string of the molecule is CN(C)S(=O)(=O)c1cccc(C(=O)OCc2ccc(F)c3cccnc23)c1. The number of carbonyl (C=O) groups excluding carboxylic acids is 1. The highest BCUT2D eigenvalue weighted by molar-refractivity contribution is 7.89. The number of nitrogens with zero attached hydrogens (tertiary/aromatic N) is 2. The monoisotopic (exact) mass is 388 g/mol. The Morgan fingerprint density at radius 1 is 1.15 bits per heavy atom. The third-order valence-corrected chi connectivity index (χ3v) is 5.82. The van der Waals surface area contributed by atoms with Crippen LogP contribution in [-0.2, 0) is 21.4 Å². The van der Waals surface area contributed by atoms with Crippen LogP contribution in [0.25, 0.3) is 10.9 Å². The van der Waals surface area contributed by atoms with E-state index in [1.54, 1.807) is 12.1 Å². The number of esters is 1. The van der Waals surface area contributed by atoms with E-state index in [1.165, 1.54) is 56.7 Å². The van der Waals surface area contributed by atoms with E-state index in [0.29, 0.717) is 16.5 Å². The quantitative estimate of drug-likeness (QED) is 0.628. The molecule has 0 bridgehead atoms. The molecule has 2 aromatic carbocycles. The van der Waals surface area contributed by atoms with Gasteiger partial charge < -0.3 is 4.74 Å². The number of fused-ring (bicyclic) bond motifs is 1. The van der Waals surface area contributed by atoms with Gasteiger partial charge >= 0.3 is 5.97 Å². The number of benzene rings is 2. The Labute approximate surface area is 156 Å². The highest BCUT2D eigenvalue weighted by atomic mass is 32.2. The highest BCUT2D eigenvalue weighted by Crippen LogP contribution is 2.21. The Hall–Kier alpha value is -2.84. The van der Waals surface area contributed by atoms with E-state index in [9.17, 15) is 17.6 Å². The minimum atomic E-state index is -3.66. The van der Waals surface area contributed by atoms with Gasteiger partial charge in [-0.05, 0) is 36.4 Å². The van der Waals surface area contributed by atoms with Gasteiger partial charge in [0.05, 0.1) is 16.0 Å². The summed E-state index contributed by atoms with van der Waals surface area (Å²) in [4.78, 5) is 16.5. The number of aromatic nitrogens is 1. The average molecular weight is 388 g/mol. The van der Waals surface area contributed by atoms with Gasteiger partial charge in [0.1, 0.15) is 12.4 Å². The number of hydrogen-bond acceptors (Lipinski definition) is 5. The minimum absolute atomic E-state index is 0.00384. The molecule has 0 aliphatic rings. The first-order valence-corrected chi connectivity index (χ1v) is 9.46. The molecule has 3 rings (SSSR count). The van der Waals surface area contributed by atoms with Gasteiger partial charge in [-0.15, -0.1) is 0 Å². The summed E-state index contributed by atoms with van der Waals surface area (Å²) in [6.45, 7) is -0.114. The second-order valence-corrected chi connectivity index (χ2v) is 8.15. The van der Waals surface area contributed by atoms with Gasteiger partial charge in [-0.25, -0.2) is 21.9 Å². The molecule has 0 N–H and O–H groups in total. The fourth-order valence-electron chi connectivity index (χ4n) is 2.53. The van der Waals surface area contributed by atoms with Gasteiger partial charge in [0, 0.05) is 31.2 Å². The van der Waals surface area contributed by atoms with Crippen LogP contribution in [0.2, 0.25) is 0 Å². The fraction of sp³-hybridized carbons (Fsp3) is 0.158. The van der Waals surface area contributed by atoms with Crippen LogP contribution in [0.15, 0.2) is 59.6 Å². The molecule has 27 heavy (non-hydrogen) atoms. The predicted octanol–water partition coefficient (Wildman–Crippen LogP) is 2.98. The third-order valence-electron chi connectivity index (χ3n) is 4.01. The molecule has 0 radical (unpaired) electrons. The van der Waals surface area contributed by atoms with Crippen molar-refractivity contribution in [2.24, 2.45) is 0 Å². The summed E-state index contributed by atoms with van der Waals surface area (Å²) in [7, 11) is -0.840. The summed E-state index contributed by atoms with van der Waals surface area (Å²) in [5.41, 5.74) is 1.07. The van der Waals surface area contributed by atoms with Crippen molar-refractivity contribution in [3.63, 3.8) is 0 Å². The maximum atomic E-state index is 13.8.